The number of anilines is 2. The molecule has 0 atom stereocenters. The van der Waals surface area contributed by atoms with E-state index in [0.717, 1.165) is 11.8 Å². The third-order valence-electron chi connectivity index (χ3n) is 1.90. The highest BCUT2D eigenvalue weighted by molar-refractivity contribution is 8.01. The van der Waals surface area contributed by atoms with Crippen LogP contribution in [0.15, 0.2) is 22.5 Å². The number of nitrogens with zero attached hydrogens (tertiary/aromatic N) is 2. The summed E-state index contributed by atoms with van der Waals surface area (Å²) in [6.07, 6.45) is 0. The number of carbonyl (C=O) groups is 1. The number of benzene rings is 1. The summed E-state index contributed by atoms with van der Waals surface area (Å²) in [7, 11) is 0. The van der Waals surface area contributed by atoms with Crippen LogP contribution in [0.4, 0.5) is 15.2 Å². The van der Waals surface area contributed by atoms with E-state index in [4.69, 9.17) is 16.7 Å². The first kappa shape index (κ1) is 14.0. The molecule has 100 valence electrons. The Labute approximate surface area is 120 Å². The van der Waals surface area contributed by atoms with Gasteiger partial charge in [0.05, 0.1) is 16.5 Å². The Morgan fingerprint density at radius 3 is 3.00 bits per heavy atom. The van der Waals surface area contributed by atoms with Gasteiger partial charge < -0.3 is 10.4 Å². The molecule has 0 aliphatic carbocycles. The highest BCUT2D eigenvalue weighted by Gasteiger charge is 2.09. The summed E-state index contributed by atoms with van der Waals surface area (Å²) in [5.41, 5.74) is 0.508. The minimum absolute atomic E-state index is 0.0774. The fourth-order valence-corrected chi connectivity index (χ4v) is 2.85. The Kier molecular flexibility index (Phi) is 4.56. The van der Waals surface area contributed by atoms with Crippen LogP contribution in [0.2, 0.25) is 5.02 Å². The molecule has 0 unspecified atom stereocenters. The van der Waals surface area contributed by atoms with E-state index in [9.17, 15) is 9.18 Å². The fraction of sp³-hybridized carbons (Fsp3) is 0.100. The normalized spacial score (nSPS) is 10.4. The van der Waals surface area contributed by atoms with Crippen molar-refractivity contribution in [2.45, 2.75) is 4.34 Å². The lowest BCUT2D eigenvalue weighted by atomic mass is 10.3. The topological polar surface area (TPSA) is 75.1 Å². The van der Waals surface area contributed by atoms with Gasteiger partial charge in [-0.3, -0.25) is 4.79 Å². The van der Waals surface area contributed by atoms with Gasteiger partial charge in [0.15, 0.2) is 4.34 Å². The fourth-order valence-electron chi connectivity index (χ4n) is 1.15. The Morgan fingerprint density at radius 1 is 1.53 bits per heavy atom. The minimum atomic E-state index is -0.920. The maximum atomic E-state index is 12.9. The van der Waals surface area contributed by atoms with Crippen molar-refractivity contribution in [1.82, 2.24) is 10.2 Å². The molecule has 9 heteroatoms. The number of carboxylic acid groups (broad SMARTS) is 1. The van der Waals surface area contributed by atoms with E-state index < -0.39 is 11.8 Å². The summed E-state index contributed by atoms with van der Waals surface area (Å²) in [5.74, 6) is -1.42. The molecule has 0 aliphatic rings. The molecule has 0 saturated heterocycles. The lowest BCUT2D eigenvalue weighted by Crippen LogP contribution is -1.96. The van der Waals surface area contributed by atoms with Crippen molar-refractivity contribution in [3.63, 3.8) is 0 Å². The lowest BCUT2D eigenvalue weighted by molar-refractivity contribution is -0.133. The van der Waals surface area contributed by atoms with Gasteiger partial charge in [-0.15, -0.1) is 10.2 Å². The van der Waals surface area contributed by atoms with Crippen LogP contribution in [-0.4, -0.2) is 27.0 Å². The van der Waals surface area contributed by atoms with Crippen molar-refractivity contribution in [2.75, 3.05) is 11.1 Å². The summed E-state index contributed by atoms with van der Waals surface area (Å²) < 4.78 is 13.4. The first-order valence-electron chi connectivity index (χ1n) is 4.95. The molecular formula is C10H7ClFN3O2S2. The average molecular weight is 320 g/mol. The zero-order chi connectivity index (χ0) is 13.8. The summed E-state index contributed by atoms with van der Waals surface area (Å²) in [4.78, 5) is 10.4. The molecule has 0 aliphatic heterocycles. The largest absolute Gasteiger partial charge is 0.481 e. The van der Waals surface area contributed by atoms with Crippen LogP contribution in [-0.2, 0) is 4.79 Å². The average Bonchev–Trinajstić information content (AvgIpc) is 2.78. The van der Waals surface area contributed by atoms with Gasteiger partial charge in [0, 0.05) is 0 Å². The van der Waals surface area contributed by atoms with Crippen LogP contribution in [0.5, 0.6) is 0 Å². The van der Waals surface area contributed by atoms with E-state index >= 15 is 0 Å². The van der Waals surface area contributed by atoms with E-state index in [-0.39, 0.29) is 10.8 Å². The van der Waals surface area contributed by atoms with Crippen molar-refractivity contribution in [1.29, 1.82) is 0 Å². The van der Waals surface area contributed by atoms with E-state index in [1.807, 2.05) is 0 Å². The maximum Gasteiger partial charge on any atom is 0.313 e. The van der Waals surface area contributed by atoms with Crippen molar-refractivity contribution >= 4 is 51.5 Å². The SMILES string of the molecule is O=C(O)CSc1nnc(Nc2ccc(F)cc2Cl)s1. The number of rotatable bonds is 5. The maximum absolute atomic E-state index is 12.9. The lowest BCUT2D eigenvalue weighted by Gasteiger charge is -2.03. The second-order valence-electron chi connectivity index (χ2n) is 3.30. The van der Waals surface area contributed by atoms with Crippen LogP contribution in [0.1, 0.15) is 0 Å². The van der Waals surface area contributed by atoms with E-state index in [0.29, 0.717) is 15.2 Å². The molecule has 19 heavy (non-hydrogen) atoms. The van der Waals surface area contributed by atoms with Crippen molar-refractivity contribution in [3.05, 3.63) is 29.0 Å². The van der Waals surface area contributed by atoms with Gasteiger partial charge in [0.1, 0.15) is 5.82 Å². The molecule has 1 aromatic heterocycles. The number of aromatic nitrogens is 2. The molecule has 0 amide bonds. The first-order valence-corrected chi connectivity index (χ1v) is 7.13. The predicted molar refractivity (Wildman–Crippen MR) is 73.0 cm³/mol. The van der Waals surface area contributed by atoms with E-state index in [1.165, 1.54) is 29.5 Å². The zero-order valence-corrected chi connectivity index (χ0v) is 11.7. The van der Waals surface area contributed by atoms with Gasteiger partial charge in [-0.1, -0.05) is 34.7 Å². The number of carboxylic acids is 1. The molecule has 2 aromatic rings. The number of halogens is 2. The molecule has 2 N–H and O–H groups in total. The van der Waals surface area contributed by atoms with Crippen molar-refractivity contribution < 1.29 is 14.3 Å². The molecule has 5 nitrogen and oxygen atoms in total. The molecule has 0 radical (unpaired) electrons. The predicted octanol–water partition coefficient (Wildman–Crippen LogP) is 3.25. The summed E-state index contributed by atoms with van der Waals surface area (Å²) in [6.45, 7) is 0. The molecule has 0 saturated carbocycles. The Morgan fingerprint density at radius 2 is 2.32 bits per heavy atom. The van der Waals surface area contributed by atoms with Gasteiger partial charge in [0.2, 0.25) is 5.13 Å². The number of aliphatic carboxylic acids is 1. The number of hydrogen-bond donors (Lipinski definition) is 2. The Balaban J connectivity index is 2.05. The molecule has 1 aromatic carbocycles. The third-order valence-corrected chi connectivity index (χ3v) is 4.17. The summed E-state index contributed by atoms with van der Waals surface area (Å²) in [5, 5.41) is 19.8. The molecule has 0 fully saturated rings. The van der Waals surface area contributed by atoms with Crippen LogP contribution in [0.3, 0.4) is 0 Å². The van der Waals surface area contributed by atoms with Crippen LogP contribution >= 0.6 is 34.7 Å². The molecule has 0 spiro atoms. The number of nitrogens with one attached hydrogen (secondary N) is 1. The first-order chi connectivity index (χ1) is 9.04. The van der Waals surface area contributed by atoms with Gasteiger partial charge in [-0.05, 0) is 18.2 Å². The molecule has 1 heterocycles. The number of thioether (sulfide) groups is 1. The summed E-state index contributed by atoms with van der Waals surface area (Å²) >= 11 is 8.14. The second kappa shape index (κ2) is 6.18. The van der Waals surface area contributed by atoms with Crippen LogP contribution < -0.4 is 5.32 Å². The zero-order valence-electron chi connectivity index (χ0n) is 9.26. The highest BCUT2D eigenvalue weighted by atomic mass is 35.5. The molecular weight excluding hydrogens is 313 g/mol. The monoisotopic (exact) mass is 319 g/mol. The van der Waals surface area contributed by atoms with E-state index in [2.05, 4.69) is 15.5 Å². The standard InChI is InChI=1S/C10H7ClFN3O2S2/c11-6-3-5(12)1-2-7(6)13-9-14-15-10(19-9)18-4-8(16)17/h1-3H,4H2,(H,13,14)(H,16,17). The van der Waals surface area contributed by atoms with Crippen LogP contribution in [0, 0.1) is 5.82 Å². The quantitative estimate of drug-likeness (QED) is 0.824. The van der Waals surface area contributed by atoms with Gasteiger partial charge in [-0.2, -0.15) is 0 Å². The Hall–Kier alpha value is -1.38. The van der Waals surface area contributed by atoms with Gasteiger partial charge in [0.25, 0.3) is 0 Å². The smallest absolute Gasteiger partial charge is 0.313 e. The Bertz CT molecular complexity index is 608. The van der Waals surface area contributed by atoms with E-state index in [1.54, 1.807) is 0 Å². The highest BCUT2D eigenvalue weighted by Crippen LogP contribution is 2.30. The second-order valence-corrected chi connectivity index (χ2v) is 5.91. The number of hydrogen-bond acceptors (Lipinski definition) is 6. The van der Waals surface area contributed by atoms with Crippen molar-refractivity contribution in [3.8, 4) is 0 Å². The minimum Gasteiger partial charge on any atom is -0.481 e. The van der Waals surface area contributed by atoms with Crippen LogP contribution in [0.25, 0.3) is 0 Å². The molecule has 0 bridgehead atoms. The summed E-state index contributed by atoms with van der Waals surface area (Å²) in [6, 6.07) is 3.95. The molecule has 2 rings (SSSR count). The van der Waals surface area contributed by atoms with Gasteiger partial charge >= 0.3 is 5.97 Å². The van der Waals surface area contributed by atoms with Gasteiger partial charge in [-0.25, -0.2) is 4.39 Å². The third kappa shape index (κ3) is 4.05. The van der Waals surface area contributed by atoms with Crippen molar-refractivity contribution in [2.24, 2.45) is 0 Å².